The number of alkyl halides is 3. The molecule has 1 heterocycles. The van der Waals surface area contributed by atoms with E-state index in [0.29, 0.717) is 6.42 Å². The second-order valence-corrected chi connectivity index (χ2v) is 11.0. The zero-order valence-corrected chi connectivity index (χ0v) is 19.2. The van der Waals surface area contributed by atoms with Crippen LogP contribution in [0.15, 0.2) is 91.0 Å². The van der Waals surface area contributed by atoms with Gasteiger partial charge in [0, 0.05) is 13.0 Å². The van der Waals surface area contributed by atoms with Gasteiger partial charge in [0.25, 0.3) is 5.91 Å². The molecule has 0 unspecified atom stereocenters. The standard InChI is InChI=1S/C24H22F3NOP.BrH/c25-24(26,27)18-28-17-16-22(23(28)29)30(19-10-4-1-5-11-19,20-12-6-2-7-13-20)21-14-8-3-9-15-21;/h1-15,22H,16-18H2;1H/q+1;/p-1/t22-;/m1./s1. The first kappa shape index (κ1) is 23.5. The molecule has 1 saturated heterocycles. The largest absolute Gasteiger partial charge is 1.00 e. The molecule has 0 radical (unpaired) electrons. The quantitative estimate of drug-likeness (QED) is 0.474. The van der Waals surface area contributed by atoms with Crippen molar-refractivity contribution >= 4 is 29.1 Å². The number of halogens is 4. The average molecular weight is 508 g/mol. The SMILES string of the molecule is O=C1[C@H]([P+](c2ccccc2)(c2ccccc2)c2ccccc2)CCN1CC(F)(F)F.[Br-]. The molecule has 31 heavy (non-hydrogen) atoms. The van der Waals surface area contributed by atoms with Gasteiger partial charge in [0.1, 0.15) is 29.7 Å². The van der Waals surface area contributed by atoms with Crippen LogP contribution in [0.4, 0.5) is 13.2 Å². The molecular weight excluding hydrogens is 486 g/mol. The van der Waals surface area contributed by atoms with E-state index in [0.717, 1.165) is 20.8 Å². The van der Waals surface area contributed by atoms with Crippen LogP contribution >= 0.6 is 7.26 Å². The Morgan fingerprint density at radius 1 is 0.774 bits per heavy atom. The predicted octanol–water partition coefficient (Wildman–Crippen LogP) is 1.15. The first-order valence-corrected chi connectivity index (χ1v) is 11.7. The molecule has 0 aliphatic carbocycles. The minimum Gasteiger partial charge on any atom is -1.00 e. The Kier molecular flexibility index (Phi) is 7.23. The fourth-order valence-electron chi connectivity index (χ4n) is 4.43. The summed E-state index contributed by atoms with van der Waals surface area (Å²) in [5, 5.41) is 3.03. The molecule has 4 rings (SSSR count). The Bertz CT molecular complexity index is 903. The molecule has 0 spiro atoms. The van der Waals surface area contributed by atoms with Crippen LogP contribution in [0.5, 0.6) is 0 Å². The molecule has 7 heteroatoms. The highest BCUT2D eigenvalue weighted by Crippen LogP contribution is 2.62. The third kappa shape index (κ3) is 4.56. The van der Waals surface area contributed by atoms with Crippen LogP contribution in [0.3, 0.4) is 0 Å². The van der Waals surface area contributed by atoms with E-state index in [9.17, 15) is 18.0 Å². The number of benzene rings is 3. The van der Waals surface area contributed by atoms with Crippen molar-refractivity contribution in [2.24, 2.45) is 0 Å². The molecule has 2 nitrogen and oxygen atoms in total. The van der Waals surface area contributed by atoms with Crippen LogP contribution in [0.25, 0.3) is 0 Å². The van der Waals surface area contributed by atoms with E-state index < -0.39 is 31.5 Å². The fourth-order valence-corrected chi connectivity index (χ4v) is 9.33. The number of hydrogen-bond acceptors (Lipinski definition) is 1. The van der Waals surface area contributed by atoms with Gasteiger partial charge in [0.15, 0.2) is 5.66 Å². The van der Waals surface area contributed by atoms with Crippen LogP contribution in [0.2, 0.25) is 0 Å². The van der Waals surface area contributed by atoms with E-state index >= 15 is 0 Å². The molecule has 3 aromatic rings. The molecule has 1 amide bonds. The average Bonchev–Trinajstić information content (AvgIpc) is 3.10. The predicted molar refractivity (Wildman–Crippen MR) is 116 cm³/mol. The number of amides is 1. The van der Waals surface area contributed by atoms with Crippen molar-refractivity contribution < 1.29 is 34.9 Å². The number of rotatable bonds is 5. The van der Waals surface area contributed by atoms with E-state index in [1.807, 2.05) is 91.0 Å². The highest BCUT2D eigenvalue weighted by atomic mass is 79.9. The molecule has 0 bridgehead atoms. The summed E-state index contributed by atoms with van der Waals surface area (Å²) in [6.45, 7) is -1.07. The molecule has 162 valence electrons. The minimum absolute atomic E-state index is 0. The zero-order valence-electron chi connectivity index (χ0n) is 16.7. The van der Waals surface area contributed by atoms with Gasteiger partial charge >= 0.3 is 6.18 Å². The highest BCUT2D eigenvalue weighted by Gasteiger charge is 2.59. The highest BCUT2D eigenvalue weighted by molar-refractivity contribution is 7.96. The fraction of sp³-hybridized carbons (Fsp3) is 0.208. The van der Waals surface area contributed by atoms with Gasteiger partial charge in [0.05, 0.1) is 0 Å². The van der Waals surface area contributed by atoms with Gasteiger partial charge in [-0.2, -0.15) is 13.2 Å². The van der Waals surface area contributed by atoms with Crippen molar-refractivity contribution in [3.8, 4) is 0 Å². The number of nitrogens with zero attached hydrogens (tertiary/aromatic N) is 1. The van der Waals surface area contributed by atoms with Gasteiger partial charge in [-0.25, -0.2) is 0 Å². The molecule has 1 atom stereocenters. The Morgan fingerprint density at radius 2 is 1.16 bits per heavy atom. The van der Waals surface area contributed by atoms with Crippen molar-refractivity contribution in [3.05, 3.63) is 91.0 Å². The first-order chi connectivity index (χ1) is 14.4. The third-order valence-corrected chi connectivity index (χ3v) is 10.3. The van der Waals surface area contributed by atoms with Gasteiger partial charge in [-0.3, -0.25) is 4.79 Å². The lowest BCUT2D eigenvalue weighted by Crippen LogP contribution is -3.00. The topological polar surface area (TPSA) is 20.3 Å². The zero-order chi connectivity index (χ0) is 21.2. The molecule has 1 aliphatic rings. The summed E-state index contributed by atoms with van der Waals surface area (Å²) in [6.07, 6.45) is -4.00. The van der Waals surface area contributed by atoms with Crippen molar-refractivity contribution in [1.82, 2.24) is 4.90 Å². The molecule has 1 fully saturated rings. The maximum absolute atomic E-state index is 13.4. The molecule has 0 N–H and O–H groups in total. The Hall–Kier alpha value is -2.17. The lowest BCUT2D eigenvalue weighted by atomic mass is 10.3. The van der Waals surface area contributed by atoms with Crippen molar-refractivity contribution in [1.29, 1.82) is 0 Å². The van der Waals surface area contributed by atoms with Gasteiger partial charge < -0.3 is 21.9 Å². The van der Waals surface area contributed by atoms with Gasteiger partial charge in [-0.05, 0) is 36.4 Å². The maximum Gasteiger partial charge on any atom is 0.406 e. The number of likely N-dealkylation sites (tertiary alicyclic amines) is 1. The van der Waals surface area contributed by atoms with Gasteiger partial charge in [0.2, 0.25) is 0 Å². The molecule has 0 saturated carbocycles. The van der Waals surface area contributed by atoms with Gasteiger partial charge in [-0.15, -0.1) is 0 Å². The van der Waals surface area contributed by atoms with E-state index in [1.165, 1.54) is 0 Å². The lowest BCUT2D eigenvalue weighted by molar-refractivity contribution is -0.157. The molecule has 1 aliphatic heterocycles. The lowest BCUT2D eigenvalue weighted by Gasteiger charge is -2.32. The monoisotopic (exact) mass is 507 g/mol. The maximum atomic E-state index is 13.4. The Balaban J connectivity index is 0.00000272. The Labute approximate surface area is 191 Å². The smallest absolute Gasteiger partial charge is 0.406 e. The molecule has 3 aromatic carbocycles. The van der Waals surface area contributed by atoms with Crippen molar-refractivity contribution in [2.75, 3.05) is 13.1 Å². The summed E-state index contributed by atoms with van der Waals surface area (Å²) in [7, 11) is -2.52. The van der Waals surface area contributed by atoms with E-state index in [1.54, 1.807) is 0 Å². The summed E-state index contributed by atoms with van der Waals surface area (Å²) in [5.74, 6) is -0.405. The summed E-state index contributed by atoms with van der Waals surface area (Å²) >= 11 is 0. The van der Waals surface area contributed by atoms with E-state index in [-0.39, 0.29) is 23.5 Å². The summed E-state index contributed by atoms with van der Waals surface area (Å²) in [5.41, 5.74) is -0.521. The van der Waals surface area contributed by atoms with E-state index in [4.69, 9.17) is 0 Å². The summed E-state index contributed by atoms with van der Waals surface area (Å²) in [4.78, 5) is 14.4. The van der Waals surface area contributed by atoms with Crippen LogP contribution in [0.1, 0.15) is 6.42 Å². The Morgan fingerprint density at radius 3 is 1.52 bits per heavy atom. The van der Waals surface area contributed by atoms with Crippen molar-refractivity contribution in [3.63, 3.8) is 0 Å². The van der Waals surface area contributed by atoms with E-state index in [2.05, 4.69) is 0 Å². The molecule has 0 aromatic heterocycles. The number of carbonyl (C=O) groups is 1. The first-order valence-electron chi connectivity index (χ1n) is 9.84. The normalized spacial score (nSPS) is 16.8. The van der Waals surface area contributed by atoms with Crippen LogP contribution < -0.4 is 32.9 Å². The number of hydrogen-bond donors (Lipinski definition) is 0. The minimum atomic E-state index is -4.40. The second-order valence-electron chi connectivity index (χ2n) is 7.41. The second kappa shape index (κ2) is 9.54. The van der Waals surface area contributed by atoms with Crippen molar-refractivity contribution in [2.45, 2.75) is 18.3 Å². The van der Waals surface area contributed by atoms with Gasteiger partial charge in [-0.1, -0.05) is 54.6 Å². The third-order valence-electron chi connectivity index (χ3n) is 5.60. The number of carbonyl (C=O) groups excluding carboxylic acids is 1. The summed E-state index contributed by atoms with van der Waals surface area (Å²) < 4.78 is 39.3. The van der Waals surface area contributed by atoms with Crippen LogP contribution in [-0.4, -0.2) is 35.7 Å². The molecular formula is C24H22BrF3NOP. The van der Waals surface area contributed by atoms with Crippen LogP contribution in [0, 0.1) is 0 Å². The summed E-state index contributed by atoms with van der Waals surface area (Å²) in [6, 6.07) is 29.4. The van der Waals surface area contributed by atoms with Crippen LogP contribution in [-0.2, 0) is 4.79 Å².